The highest BCUT2D eigenvalue weighted by molar-refractivity contribution is 5.65. The number of methoxy groups -OCH3 is 1. The first kappa shape index (κ1) is 12.4. The molecule has 0 aliphatic carbocycles. The Morgan fingerprint density at radius 1 is 1.29 bits per heavy atom. The molecule has 0 unspecified atom stereocenters. The molecule has 1 amide bonds. The maximum absolute atomic E-state index is 9.72. The fourth-order valence-electron chi connectivity index (χ4n) is 0.722. The third-order valence-corrected chi connectivity index (χ3v) is 1.73. The van der Waals surface area contributed by atoms with Crippen molar-refractivity contribution in [2.45, 2.75) is 13.8 Å². The summed E-state index contributed by atoms with van der Waals surface area (Å²) < 4.78 is 4.02. The third kappa shape index (κ3) is 5.16. The van der Waals surface area contributed by atoms with E-state index in [1.165, 1.54) is 18.2 Å². The van der Waals surface area contributed by atoms with Gasteiger partial charge in [-0.1, -0.05) is 24.3 Å². The van der Waals surface area contributed by atoms with Crippen molar-refractivity contribution in [2.24, 2.45) is 5.84 Å². The van der Waals surface area contributed by atoms with Crippen molar-refractivity contribution < 1.29 is 9.53 Å². The number of rotatable bonds is 0. The molecule has 3 N–H and O–H groups in total. The Kier molecular flexibility index (Phi) is 6.15. The number of amides is 1. The van der Waals surface area contributed by atoms with Crippen LogP contribution in [0.25, 0.3) is 0 Å². The van der Waals surface area contributed by atoms with E-state index in [1.54, 1.807) is 5.43 Å². The van der Waals surface area contributed by atoms with Gasteiger partial charge >= 0.3 is 6.09 Å². The first-order valence-electron chi connectivity index (χ1n) is 4.18. The van der Waals surface area contributed by atoms with Gasteiger partial charge in [0.15, 0.2) is 0 Å². The van der Waals surface area contributed by atoms with Gasteiger partial charge in [-0.2, -0.15) is 0 Å². The molecule has 4 nitrogen and oxygen atoms in total. The van der Waals surface area contributed by atoms with Crippen molar-refractivity contribution in [3.05, 3.63) is 35.4 Å². The van der Waals surface area contributed by atoms with Gasteiger partial charge in [-0.25, -0.2) is 10.6 Å². The van der Waals surface area contributed by atoms with Crippen LogP contribution in [0.3, 0.4) is 0 Å². The number of hydrogen-bond donors (Lipinski definition) is 2. The fourth-order valence-corrected chi connectivity index (χ4v) is 0.722. The van der Waals surface area contributed by atoms with Crippen LogP contribution in [0, 0.1) is 13.8 Å². The normalized spacial score (nSPS) is 8.29. The lowest BCUT2D eigenvalue weighted by Gasteiger charge is -1.93. The number of hydrogen-bond acceptors (Lipinski definition) is 3. The molecule has 0 bridgehead atoms. The smallest absolute Gasteiger partial charge is 0.421 e. The molecule has 4 heteroatoms. The predicted octanol–water partition coefficient (Wildman–Crippen LogP) is 1.52. The molecule has 1 rings (SSSR count). The molecule has 0 radical (unpaired) electrons. The summed E-state index contributed by atoms with van der Waals surface area (Å²) in [6.45, 7) is 4.24. The lowest BCUT2D eigenvalue weighted by molar-refractivity contribution is 0.171. The topological polar surface area (TPSA) is 64.3 Å². The van der Waals surface area contributed by atoms with Gasteiger partial charge < -0.3 is 4.74 Å². The Balaban J connectivity index is 0.000000255. The van der Waals surface area contributed by atoms with Crippen molar-refractivity contribution in [3.63, 3.8) is 0 Å². The maximum atomic E-state index is 9.72. The molecule has 1 aromatic rings. The minimum atomic E-state index is -0.630. The second-order valence-corrected chi connectivity index (χ2v) is 2.72. The molecule has 0 fully saturated rings. The molecule has 0 atom stereocenters. The second-order valence-electron chi connectivity index (χ2n) is 2.72. The average molecular weight is 196 g/mol. The highest BCUT2D eigenvalue weighted by Crippen LogP contribution is 2.02. The maximum Gasteiger partial charge on any atom is 0.421 e. The van der Waals surface area contributed by atoms with Crippen molar-refractivity contribution in [3.8, 4) is 0 Å². The van der Waals surface area contributed by atoms with Crippen molar-refractivity contribution >= 4 is 6.09 Å². The Bertz CT molecular complexity index is 260. The molecule has 0 spiro atoms. The van der Waals surface area contributed by atoms with E-state index in [0.717, 1.165) is 0 Å². The lowest BCUT2D eigenvalue weighted by Crippen LogP contribution is -2.29. The van der Waals surface area contributed by atoms with Crippen LogP contribution < -0.4 is 11.3 Å². The zero-order chi connectivity index (χ0) is 11.0. The number of hydrazine groups is 1. The van der Waals surface area contributed by atoms with Gasteiger partial charge in [0.1, 0.15) is 0 Å². The highest BCUT2D eigenvalue weighted by Gasteiger charge is 1.85. The first-order chi connectivity index (χ1) is 6.61. The average Bonchev–Trinajstić information content (AvgIpc) is 2.22. The minimum absolute atomic E-state index is 0.630. The van der Waals surface area contributed by atoms with E-state index in [1.807, 2.05) is 0 Å². The number of aryl methyl sites for hydroxylation is 2. The molecule has 14 heavy (non-hydrogen) atoms. The minimum Gasteiger partial charge on any atom is -0.452 e. The SMILES string of the molecule is COC(=O)NN.Cc1ccccc1C. The summed E-state index contributed by atoms with van der Waals surface area (Å²) in [6.07, 6.45) is -0.630. The quantitative estimate of drug-likeness (QED) is 0.375. The van der Waals surface area contributed by atoms with Crippen molar-refractivity contribution in [1.82, 2.24) is 5.43 Å². The summed E-state index contributed by atoms with van der Waals surface area (Å²) in [7, 11) is 1.24. The summed E-state index contributed by atoms with van der Waals surface area (Å²) in [5, 5.41) is 0. The second kappa shape index (κ2) is 6.91. The lowest BCUT2D eigenvalue weighted by atomic mass is 10.1. The van der Waals surface area contributed by atoms with Crippen LogP contribution in [0.2, 0.25) is 0 Å². The van der Waals surface area contributed by atoms with Crippen LogP contribution in [-0.4, -0.2) is 13.2 Å². The molecular formula is C10H16N2O2. The number of benzene rings is 1. The van der Waals surface area contributed by atoms with E-state index in [0.29, 0.717) is 0 Å². The fraction of sp³-hybridized carbons (Fsp3) is 0.300. The van der Waals surface area contributed by atoms with E-state index in [-0.39, 0.29) is 0 Å². The molecule has 1 aromatic carbocycles. The van der Waals surface area contributed by atoms with E-state index >= 15 is 0 Å². The van der Waals surface area contributed by atoms with E-state index < -0.39 is 6.09 Å². The van der Waals surface area contributed by atoms with Crippen molar-refractivity contribution in [1.29, 1.82) is 0 Å². The molecule has 0 aromatic heterocycles. The van der Waals surface area contributed by atoms with Gasteiger partial charge in [0.05, 0.1) is 7.11 Å². The Morgan fingerprint density at radius 3 is 1.86 bits per heavy atom. The molecule has 78 valence electrons. The van der Waals surface area contributed by atoms with Crippen LogP contribution in [0.15, 0.2) is 24.3 Å². The third-order valence-electron chi connectivity index (χ3n) is 1.73. The molecule has 0 saturated carbocycles. The Hall–Kier alpha value is -1.55. The monoisotopic (exact) mass is 196 g/mol. The molecule has 0 aliphatic heterocycles. The first-order valence-corrected chi connectivity index (χ1v) is 4.18. The van der Waals surface area contributed by atoms with Crippen LogP contribution in [0.4, 0.5) is 4.79 Å². The summed E-state index contributed by atoms with van der Waals surface area (Å²) in [5.74, 6) is 4.56. The number of carbonyl (C=O) groups is 1. The summed E-state index contributed by atoms with van der Waals surface area (Å²) in [5.41, 5.74) is 4.49. The van der Waals surface area contributed by atoms with Crippen molar-refractivity contribution in [2.75, 3.05) is 7.11 Å². The van der Waals surface area contributed by atoms with Gasteiger partial charge in [0.25, 0.3) is 0 Å². The van der Waals surface area contributed by atoms with E-state index in [2.05, 4.69) is 48.7 Å². The number of nitrogens with one attached hydrogen (secondary N) is 1. The van der Waals surface area contributed by atoms with Crippen LogP contribution in [-0.2, 0) is 4.74 Å². The zero-order valence-corrected chi connectivity index (χ0v) is 8.70. The Labute approximate surface area is 84.0 Å². The van der Waals surface area contributed by atoms with Gasteiger partial charge in [-0.05, 0) is 25.0 Å². The molecule has 0 aliphatic rings. The molecule has 0 heterocycles. The molecular weight excluding hydrogens is 180 g/mol. The number of nitrogens with two attached hydrogens (primary N) is 1. The van der Waals surface area contributed by atoms with Gasteiger partial charge in [-0.3, -0.25) is 5.43 Å². The Morgan fingerprint density at radius 2 is 1.71 bits per heavy atom. The van der Waals surface area contributed by atoms with Gasteiger partial charge in [0.2, 0.25) is 0 Å². The number of carbonyl (C=O) groups excluding carboxylic acids is 1. The highest BCUT2D eigenvalue weighted by atomic mass is 16.5. The molecule has 0 saturated heterocycles. The van der Waals surface area contributed by atoms with E-state index in [9.17, 15) is 4.79 Å². The predicted molar refractivity (Wildman–Crippen MR) is 55.6 cm³/mol. The van der Waals surface area contributed by atoms with Crippen LogP contribution >= 0.6 is 0 Å². The summed E-state index contributed by atoms with van der Waals surface area (Å²) >= 11 is 0. The largest absolute Gasteiger partial charge is 0.452 e. The standard InChI is InChI=1S/C8H10.C2H6N2O2/c1-7-5-3-4-6-8(7)2;1-6-2(5)4-3/h3-6H,1-2H3;3H2,1H3,(H,4,5). The van der Waals surface area contributed by atoms with Gasteiger partial charge in [0, 0.05) is 0 Å². The van der Waals surface area contributed by atoms with Crippen LogP contribution in [0.1, 0.15) is 11.1 Å². The number of ether oxygens (including phenoxy) is 1. The summed E-state index contributed by atoms with van der Waals surface area (Å²) in [6, 6.07) is 8.36. The van der Waals surface area contributed by atoms with E-state index in [4.69, 9.17) is 0 Å². The van der Waals surface area contributed by atoms with Crippen LogP contribution in [0.5, 0.6) is 0 Å². The zero-order valence-electron chi connectivity index (χ0n) is 8.70. The van der Waals surface area contributed by atoms with Gasteiger partial charge in [-0.15, -0.1) is 0 Å². The summed E-state index contributed by atoms with van der Waals surface area (Å²) in [4.78, 5) is 9.72.